The Balaban J connectivity index is 1.39. The molecule has 2 aromatic carbocycles. The van der Waals surface area contributed by atoms with Gasteiger partial charge >= 0.3 is 0 Å². The maximum absolute atomic E-state index is 5.42. The van der Waals surface area contributed by atoms with E-state index in [4.69, 9.17) is 14.2 Å². The molecule has 0 fully saturated rings. The van der Waals surface area contributed by atoms with Crippen LogP contribution in [0.3, 0.4) is 0 Å². The van der Waals surface area contributed by atoms with E-state index < -0.39 is 0 Å². The van der Waals surface area contributed by atoms with Crippen molar-refractivity contribution in [1.29, 1.82) is 0 Å². The first-order valence-corrected chi connectivity index (χ1v) is 9.43. The van der Waals surface area contributed by atoms with Gasteiger partial charge < -0.3 is 30.2 Å². The smallest absolute Gasteiger partial charge is 0.231 e. The molecule has 0 atom stereocenters. The van der Waals surface area contributed by atoms with Crippen molar-refractivity contribution >= 4 is 11.6 Å². The number of methoxy groups -OCH3 is 1. The summed E-state index contributed by atoms with van der Waals surface area (Å²) in [6.45, 7) is 3.28. The van der Waals surface area contributed by atoms with Crippen LogP contribution in [0.15, 0.2) is 47.5 Å². The van der Waals surface area contributed by atoms with E-state index in [0.29, 0.717) is 19.9 Å². The molecular formula is C21H28N4O3. The van der Waals surface area contributed by atoms with Gasteiger partial charge in [0.15, 0.2) is 17.5 Å². The molecular weight excluding hydrogens is 356 g/mol. The number of aliphatic imine (C=N–C) groups is 1. The number of benzene rings is 2. The Morgan fingerprint density at radius 2 is 1.79 bits per heavy atom. The zero-order valence-electron chi connectivity index (χ0n) is 16.5. The Morgan fingerprint density at radius 3 is 2.57 bits per heavy atom. The highest BCUT2D eigenvalue weighted by molar-refractivity contribution is 5.79. The fourth-order valence-electron chi connectivity index (χ4n) is 2.87. The van der Waals surface area contributed by atoms with Crippen LogP contribution in [-0.4, -0.2) is 46.6 Å². The molecule has 7 heteroatoms. The minimum absolute atomic E-state index is 0.303. The van der Waals surface area contributed by atoms with Gasteiger partial charge in [0.1, 0.15) is 0 Å². The van der Waals surface area contributed by atoms with E-state index in [9.17, 15) is 0 Å². The molecule has 0 bridgehead atoms. The molecule has 7 nitrogen and oxygen atoms in total. The van der Waals surface area contributed by atoms with E-state index in [1.807, 2.05) is 12.1 Å². The first kappa shape index (κ1) is 19.8. The van der Waals surface area contributed by atoms with E-state index >= 15 is 0 Å². The highest BCUT2D eigenvalue weighted by Gasteiger charge is 2.12. The molecule has 3 N–H and O–H groups in total. The molecule has 1 aliphatic rings. The molecule has 0 aliphatic carbocycles. The summed E-state index contributed by atoms with van der Waals surface area (Å²) in [4.78, 5) is 4.28. The van der Waals surface area contributed by atoms with Crippen molar-refractivity contribution in [2.45, 2.75) is 13.0 Å². The number of nitrogens with zero attached hydrogens (tertiary/aromatic N) is 1. The summed E-state index contributed by atoms with van der Waals surface area (Å²) in [6.07, 6.45) is 0.874. The Morgan fingerprint density at radius 1 is 1.00 bits per heavy atom. The lowest BCUT2D eigenvalue weighted by atomic mass is 10.1. The fourth-order valence-corrected chi connectivity index (χ4v) is 2.87. The van der Waals surface area contributed by atoms with Gasteiger partial charge in [0, 0.05) is 39.5 Å². The van der Waals surface area contributed by atoms with Gasteiger partial charge in [0.05, 0.1) is 6.61 Å². The molecule has 150 valence electrons. The Hall–Kier alpha value is -2.93. The third-order valence-electron chi connectivity index (χ3n) is 4.42. The molecule has 0 saturated heterocycles. The number of ether oxygens (including phenoxy) is 3. The number of hydrogen-bond acceptors (Lipinski definition) is 5. The first-order chi connectivity index (χ1) is 13.8. The Kier molecular flexibility index (Phi) is 7.37. The summed E-state index contributed by atoms with van der Waals surface area (Å²) in [5, 5.41) is 9.99. The zero-order chi connectivity index (χ0) is 19.6. The average molecular weight is 384 g/mol. The monoisotopic (exact) mass is 384 g/mol. The minimum Gasteiger partial charge on any atom is -0.454 e. The number of guanidine groups is 1. The Bertz CT molecular complexity index is 778. The van der Waals surface area contributed by atoms with Gasteiger partial charge in [-0.2, -0.15) is 0 Å². The van der Waals surface area contributed by atoms with E-state index in [2.05, 4.69) is 51.3 Å². The van der Waals surface area contributed by atoms with Crippen molar-refractivity contribution in [3.8, 4) is 11.5 Å². The van der Waals surface area contributed by atoms with Crippen molar-refractivity contribution in [2.24, 2.45) is 4.99 Å². The quantitative estimate of drug-likeness (QED) is 0.350. The predicted molar refractivity (Wildman–Crippen MR) is 111 cm³/mol. The third-order valence-corrected chi connectivity index (χ3v) is 4.42. The molecule has 28 heavy (non-hydrogen) atoms. The van der Waals surface area contributed by atoms with Crippen LogP contribution < -0.4 is 25.4 Å². The molecule has 0 amide bonds. The van der Waals surface area contributed by atoms with E-state index in [0.717, 1.165) is 42.7 Å². The minimum atomic E-state index is 0.303. The van der Waals surface area contributed by atoms with Gasteiger partial charge in [-0.05, 0) is 41.8 Å². The van der Waals surface area contributed by atoms with Crippen molar-refractivity contribution < 1.29 is 14.2 Å². The summed E-state index contributed by atoms with van der Waals surface area (Å²) in [7, 11) is 3.48. The van der Waals surface area contributed by atoms with Crippen LogP contribution in [-0.2, 0) is 17.7 Å². The van der Waals surface area contributed by atoms with E-state index in [1.165, 1.54) is 11.1 Å². The lowest BCUT2D eigenvalue weighted by Gasteiger charge is -2.13. The number of rotatable bonds is 9. The predicted octanol–water partition coefficient (Wildman–Crippen LogP) is 2.38. The lowest BCUT2D eigenvalue weighted by molar-refractivity contribution is 0.174. The van der Waals surface area contributed by atoms with Crippen molar-refractivity contribution in [3.63, 3.8) is 0 Å². The summed E-state index contributed by atoms with van der Waals surface area (Å²) in [6, 6.07) is 14.4. The Labute approximate surface area is 166 Å². The number of fused-ring (bicyclic) bond motifs is 1. The lowest BCUT2D eigenvalue weighted by Crippen LogP contribution is -2.37. The van der Waals surface area contributed by atoms with Crippen LogP contribution in [0.1, 0.15) is 11.1 Å². The highest BCUT2D eigenvalue weighted by Crippen LogP contribution is 2.32. The van der Waals surface area contributed by atoms with Crippen LogP contribution in [0, 0.1) is 0 Å². The van der Waals surface area contributed by atoms with Gasteiger partial charge in [0.25, 0.3) is 0 Å². The van der Waals surface area contributed by atoms with Crippen molar-refractivity contribution in [1.82, 2.24) is 10.6 Å². The molecule has 0 spiro atoms. The summed E-state index contributed by atoms with van der Waals surface area (Å²) >= 11 is 0. The van der Waals surface area contributed by atoms with E-state index in [-0.39, 0.29) is 0 Å². The van der Waals surface area contributed by atoms with Crippen molar-refractivity contribution in [3.05, 3.63) is 53.6 Å². The second kappa shape index (κ2) is 10.4. The topological polar surface area (TPSA) is 76.1 Å². The van der Waals surface area contributed by atoms with Gasteiger partial charge in [0.2, 0.25) is 6.79 Å². The second-order valence-electron chi connectivity index (χ2n) is 6.41. The summed E-state index contributed by atoms with van der Waals surface area (Å²) in [5.74, 6) is 2.41. The summed E-state index contributed by atoms with van der Waals surface area (Å²) in [5.41, 5.74) is 3.48. The zero-order valence-corrected chi connectivity index (χ0v) is 16.5. The molecule has 2 aromatic rings. The highest BCUT2D eigenvalue weighted by atomic mass is 16.7. The van der Waals surface area contributed by atoms with Crippen LogP contribution in [0.25, 0.3) is 0 Å². The van der Waals surface area contributed by atoms with Crippen LogP contribution in [0.5, 0.6) is 11.5 Å². The maximum atomic E-state index is 5.42. The molecule has 0 saturated carbocycles. The fraction of sp³-hybridized carbons (Fsp3) is 0.381. The normalized spacial score (nSPS) is 12.7. The van der Waals surface area contributed by atoms with Gasteiger partial charge in [-0.15, -0.1) is 0 Å². The van der Waals surface area contributed by atoms with E-state index in [1.54, 1.807) is 14.2 Å². The second-order valence-corrected chi connectivity index (χ2v) is 6.41. The average Bonchev–Trinajstić information content (AvgIpc) is 3.19. The molecule has 0 radical (unpaired) electrons. The number of hydrogen-bond donors (Lipinski definition) is 3. The van der Waals surface area contributed by atoms with Crippen LogP contribution in [0.4, 0.5) is 5.69 Å². The first-order valence-electron chi connectivity index (χ1n) is 9.43. The van der Waals surface area contributed by atoms with Crippen LogP contribution in [0.2, 0.25) is 0 Å². The van der Waals surface area contributed by atoms with Gasteiger partial charge in [-0.3, -0.25) is 4.99 Å². The third kappa shape index (κ3) is 5.79. The molecule has 3 rings (SSSR count). The molecule has 0 unspecified atom stereocenters. The summed E-state index contributed by atoms with van der Waals surface area (Å²) < 4.78 is 15.8. The van der Waals surface area contributed by atoms with Gasteiger partial charge in [-0.1, -0.05) is 18.2 Å². The number of nitrogens with one attached hydrogen (secondary N) is 3. The molecule has 0 aromatic heterocycles. The molecule has 1 aliphatic heterocycles. The van der Waals surface area contributed by atoms with Crippen LogP contribution >= 0.6 is 0 Å². The largest absolute Gasteiger partial charge is 0.454 e. The molecule has 1 heterocycles. The number of anilines is 1. The van der Waals surface area contributed by atoms with Crippen molar-refractivity contribution in [2.75, 3.05) is 46.0 Å². The standard InChI is InChI=1S/C21H28N4O3/c1-22-21(24-10-9-16-5-8-19-20(13-16)28-15-27-19)25-14-17-3-6-18(7-4-17)23-11-12-26-2/h3-8,13,23H,9-12,14-15H2,1-2H3,(H2,22,24,25). The SMILES string of the molecule is CN=C(NCCc1ccc2c(c1)OCO2)NCc1ccc(NCCOC)cc1. The van der Waals surface area contributed by atoms with Gasteiger partial charge in [-0.25, -0.2) is 0 Å². The maximum Gasteiger partial charge on any atom is 0.231 e.